The molecule has 1 heterocycles. The Bertz CT molecular complexity index is 355. The number of thioether (sulfide) groups is 1. The fourth-order valence-corrected chi connectivity index (χ4v) is 2.71. The van der Waals surface area contributed by atoms with Gasteiger partial charge in [0.1, 0.15) is 0 Å². The van der Waals surface area contributed by atoms with Gasteiger partial charge in [0.15, 0.2) is 5.82 Å². The third-order valence-electron chi connectivity index (χ3n) is 3.43. The maximum Gasteiger partial charge on any atom is 0.227 e. The van der Waals surface area contributed by atoms with Crippen molar-refractivity contribution in [2.75, 3.05) is 6.54 Å². The molecule has 0 atom stereocenters. The van der Waals surface area contributed by atoms with Crippen molar-refractivity contribution in [2.24, 2.45) is 11.1 Å². The predicted octanol–water partition coefficient (Wildman–Crippen LogP) is 2.38. The van der Waals surface area contributed by atoms with Gasteiger partial charge in [0.2, 0.25) is 5.89 Å². The highest BCUT2D eigenvalue weighted by Crippen LogP contribution is 2.42. The molecule has 1 saturated carbocycles. The zero-order valence-corrected chi connectivity index (χ0v) is 11.4. The zero-order valence-electron chi connectivity index (χ0n) is 10.6. The summed E-state index contributed by atoms with van der Waals surface area (Å²) >= 11 is 1.83. The van der Waals surface area contributed by atoms with Crippen LogP contribution >= 0.6 is 11.8 Å². The van der Waals surface area contributed by atoms with Gasteiger partial charge in [0.25, 0.3) is 0 Å². The lowest BCUT2D eigenvalue weighted by atomic mass is 9.67. The summed E-state index contributed by atoms with van der Waals surface area (Å²) in [5.74, 6) is 2.40. The Hall–Kier alpha value is -0.550. The molecule has 0 bridgehead atoms. The van der Waals surface area contributed by atoms with Crippen LogP contribution < -0.4 is 5.73 Å². The number of nitrogens with two attached hydrogens (primary N) is 1. The number of aromatic nitrogens is 2. The number of hydrogen-bond donors (Lipinski definition) is 1. The van der Waals surface area contributed by atoms with Crippen molar-refractivity contribution in [3.63, 3.8) is 0 Å². The Morgan fingerprint density at radius 2 is 2.24 bits per heavy atom. The van der Waals surface area contributed by atoms with Crippen LogP contribution in [0.2, 0.25) is 0 Å². The van der Waals surface area contributed by atoms with Crippen molar-refractivity contribution >= 4 is 11.8 Å². The Labute approximate surface area is 107 Å². The van der Waals surface area contributed by atoms with Crippen molar-refractivity contribution in [2.45, 2.75) is 50.5 Å². The molecule has 5 heteroatoms. The molecular weight excluding hydrogens is 234 g/mol. The van der Waals surface area contributed by atoms with Crippen LogP contribution in [0.1, 0.15) is 44.8 Å². The van der Waals surface area contributed by atoms with Crippen LogP contribution in [-0.4, -0.2) is 21.9 Å². The number of rotatable bonds is 6. The van der Waals surface area contributed by atoms with Crippen LogP contribution in [0.3, 0.4) is 0 Å². The highest BCUT2D eigenvalue weighted by Gasteiger charge is 2.37. The van der Waals surface area contributed by atoms with Crippen LogP contribution in [0.4, 0.5) is 0 Å². The minimum atomic E-state index is 0.245. The van der Waals surface area contributed by atoms with Crippen molar-refractivity contribution < 1.29 is 4.52 Å². The molecular formula is C12H21N3OS. The molecule has 1 aliphatic carbocycles. The van der Waals surface area contributed by atoms with E-state index in [4.69, 9.17) is 10.3 Å². The third kappa shape index (κ3) is 3.22. The fraction of sp³-hybridized carbons (Fsp3) is 0.833. The summed E-state index contributed by atoms with van der Waals surface area (Å²) in [4.78, 5) is 4.44. The van der Waals surface area contributed by atoms with Gasteiger partial charge in [-0.3, -0.25) is 0 Å². The summed E-state index contributed by atoms with van der Waals surface area (Å²) < 4.78 is 5.30. The Kier molecular flexibility index (Phi) is 4.09. The molecule has 2 N–H and O–H groups in total. The van der Waals surface area contributed by atoms with E-state index in [2.05, 4.69) is 24.0 Å². The monoisotopic (exact) mass is 255 g/mol. The van der Waals surface area contributed by atoms with E-state index in [1.54, 1.807) is 0 Å². The first kappa shape index (κ1) is 12.9. The van der Waals surface area contributed by atoms with Crippen LogP contribution in [0.5, 0.6) is 0 Å². The molecule has 0 unspecified atom stereocenters. The molecule has 0 aromatic carbocycles. The van der Waals surface area contributed by atoms with E-state index in [-0.39, 0.29) is 5.41 Å². The Morgan fingerprint density at radius 1 is 1.47 bits per heavy atom. The van der Waals surface area contributed by atoms with Gasteiger partial charge in [-0.15, -0.1) is 0 Å². The highest BCUT2D eigenvalue weighted by molar-refractivity contribution is 7.99. The van der Waals surface area contributed by atoms with Crippen molar-refractivity contribution in [3.05, 3.63) is 11.7 Å². The molecule has 0 spiro atoms. The average Bonchev–Trinajstić information content (AvgIpc) is 2.68. The lowest BCUT2D eigenvalue weighted by Gasteiger charge is -2.39. The molecule has 1 aromatic heterocycles. The van der Waals surface area contributed by atoms with Gasteiger partial charge in [-0.05, 0) is 30.1 Å². The van der Waals surface area contributed by atoms with E-state index in [1.807, 2.05) is 11.8 Å². The summed E-state index contributed by atoms with van der Waals surface area (Å²) in [6, 6.07) is 0. The second kappa shape index (κ2) is 5.40. The summed E-state index contributed by atoms with van der Waals surface area (Å²) in [6.07, 6.45) is 4.52. The van der Waals surface area contributed by atoms with Crippen LogP contribution in [-0.2, 0) is 12.2 Å². The van der Waals surface area contributed by atoms with Crippen molar-refractivity contribution in [1.29, 1.82) is 0 Å². The zero-order chi connectivity index (χ0) is 12.3. The van der Waals surface area contributed by atoms with Crippen LogP contribution in [0.15, 0.2) is 4.52 Å². The molecule has 96 valence electrons. The molecule has 4 nitrogen and oxygen atoms in total. The first-order chi connectivity index (χ1) is 8.13. The van der Waals surface area contributed by atoms with E-state index in [0.29, 0.717) is 5.25 Å². The minimum absolute atomic E-state index is 0.245. The van der Waals surface area contributed by atoms with Gasteiger partial charge < -0.3 is 10.3 Å². The summed E-state index contributed by atoms with van der Waals surface area (Å²) in [7, 11) is 0. The summed E-state index contributed by atoms with van der Waals surface area (Å²) in [5.41, 5.74) is 6.07. The van der Waals surface area contributed by atoms with E-state index >= 15 is 0 Å². The van der Waals surface area contributed by atoms with E-state index < -0.39 is 0 Å². The van der Waals surface area contributed by atoms with Gasteiger partial charge in [-0.25, -0.2) is 0 Å². The van der Waals surface area contributed by atoms with Gasteiger partial charge in [-0.2, -0.15) is 16.7 Å². The molecule has 1 aliphatic rings. The smallest absolute Gasteiger partial charge is 0.227 e. The quantitative estimate of drug-likeness (QED) is 0.845. The molecule has 0 saturated heterocycles. The van der Waals surface area contributed by atoms with Crippen LogP contribution in [0.25, 0.3) is 0 Å². The minimum Gasteiger partial charge on any atom is -0.339 e. The number of hydrogen-bond acceptors (Lipinski definition) is 5. The third-order valence-corrected chi connectivity index (χ3v) is 4.52. The lowest BCUT2D eigenvalue weighted by molar-refractivity contribution is 0.129. The standard InChI is InChI=1S/C12H21N3OS/c1-9(2)17-7-10-14-11(16-15-10)6-12(8-13)4-3-5-12/h9H,3-8,13H2,1-2H3. The van der Waals surface area contributed by atoms with Crippen LogP contribution in [0, 0.1) is 5.41 Å². The second-order valence-corrected chi connectivity index (χ2v) is 6.76. The molecule has 0 aliphatic heterocycles. The highest BCUT2D eigenvalue weighted by atomic mass is 32.2. The maximum absolute atomic E-state index is 5.83. The topological polar surface area (TPSA) is 64.9 Å². The molecule has 17 heavy (non-hydrogen) atoms. The summed E-state index contributed by atoms with van der Waals surface area (Å²) in [5, 5.41) is 4.61. The largest absolute Gasteiger partial charge is 0.339 e. The Balaban J connectivity index is 1.89. The van der Waals surface area contributed by atoms with Crippen molar-refractivity contribution in [3.8, 4) is 0 Å². The van der Waals surface area contributed by atoms with E-state index in [1.165, 1.54) is 19.3 Å². The first-order valence-corrected chi connectivity index (χ1v) is 7.31. The molecule has 1 fully saturated rings. The van der Waals surface area contributed by atoms with E-state index in [9.17, 15) is 0 Å². The normalized spacial score (nSPS) is 18.4. The number of nitrogens with zero attached hydrogens (tertiary/aromatic N) is 2. The summed E-state index contributed by atoms with van der Waals surface area (Å²) in [6.45, 7) is 5.07. The van der Waals surface area contributed by atoms with Gasteiger partial charge in [-0.1, -0.05) is 25.4 Å². The second-order valence-electron chi connectivity index (χ2n) is 5.20. The van der Waals surface area contributed by atoms with E-state index in [0.717, 1.165) is 30.4 Å². The lowest BCUT2D eigenvalue weighted by Crippen LogP contribution is -2.39. The molecule has 1 aromatic rings. The predicted molar refractivity (Wildman–Crippen MR) is 69.8 cm³/mol. The molecule has 0 amide bonds. The first-order valence-electron chi connectivity index (χ1n) is 6.27. The maximum atomic E-state index is 5.83. The fourth-order valence-electron chi connectivity index (χ4n) is 2.11. The SMILES string of the molecule is CC(C)SCc1noc(CC2(CN)CCC2)n1. The van der Waals surface area contributed by atoms with Gasteiger partial charge in [0.05, 0.1) is 5.75 Å². The average molecular weight is 255 g/mol. The van der Waals surface area contributed by atoms with Crippen molar-refractivity contribution in [1.82, 2.24) is 10.1 Å². The molecule has 2 rings (SSSR count). The Morgan fingerprint density at radius 3 is 2.76 bits per heavy atom. The van der Waals surface area contributed by atoms with Gasteiger partial charge >= 0.3 is 0 Å². The van der Waals surface area contributed by atoms with Gasteiger partial charge in [0, 0.05) is 6.42 Å². The molecule has 0 radical (unpaired) electrons.